The van der Waals surface area contributed by atoms with Crippen molar-refractivity contribution in [2.75, 3.05) is 25.0 Å². The summed E-state index contributed by atoms with van der Waals surface area (Å²) in [7, 11) is 0. The monoisotopic (exact) mass is 330 g/mol. The maximum absolute atomic E-state index is 12.1. The normalized spacial score (nSPS) is 11.0. The van der Waals surface area contributed by atoms with Gasteiger partial charge >= 0.3 is 0 Å². The van der Waals surface area contributed by atoms with Crippen LogP contribution in [0.3, 0.4) is 0 Å². The van der Waals surface area contributed by atoms with Gasteiger partial charge in [0.1, 0.15) is 0 Å². The van der Waals surface area contributed by atoms with E-state index in [2.05, 4.69) is 16.7 Å². The Kier molecular flexibility index (Phi) is 7.40. The molecular weight excluding hydrogens is 304 g/mol. The molecule has 0 heterocycles. The Bertz CT molecular complexity index is 597. The van der Waals surface area contributed by atoms with Crippen molar-refractivity contribution in [3.63, 3.8) is 0 Å². The van der Waals surface area contributed by atoms with Gasteiger partial charge in [0.05, 0.1) is 25.6 Å². The molecular formula is C18H26N4O2. The number of amides is 2. The van der Waals surface area contributed by atoms with Gasteiger partial charge in [-0.3, -0.25) is 14.5 Å². The van der Waals surface area contributed by atoms with Crippen molar-refractivity contribution in [1.29, 1.82) is 5.26 Å². The van der Waals surface area contributed by atoms with Crippen LogP contribution in [0.4, 0.5) is 5.69 Å². The lowest BCUT2D eigenvalue weighted by molar-refractivity contribution is -0.124. The number of benzene rings is 1. The quantitative estimate of drug-likeness (QED) is 0.800. The zero-order chi connectivity index (χ0) is 18.2. The first-order valence-electron chi connectivity index (χ1n) is 8.02. The average molecular weight is 330 g/mol. The Morgan fingerprint density at radius 1 is 1.12 bits per heavy atom. The third-order valence-corrected chi connectivity index (χ3v) is 3.22. The van der Waals surface area contributed by atoms with Crippen molar-refractivity contribution in [1.82, 2.24) is 10.2 Å². The van der Waals surface area contributed by atoms with Crippen molar-refractivity contribution in [2.24, 2.45) is 0 Å². The van der Waals surface area contributed by atoms with E-state index in [1.807, 2.05) is 39.8 Å². The average Bonchev–Trinajstić information content (AvgIpc) is 2.47. The highest BCUT2D eigenvalue weighted by molar-refractivity contribution is 5.92. The zero-order valence-electron chi connectivity index (χ0n) is 14.8. The van der Waals surface area contributed by atoms with Crippen LogP contribution in [0.2, 0.25) is 0 Å². The van der Waals surface area contributed by atoms with Crippen molar-refractivity contribution < 1.29 is 9.59 Å². The Morgan fingerprint density at radius 3 is 2.21 bits per heavy atom. The number of nitrogens with one attached hydrogen (secondary N) is 2. The maximum Gasteiger partial charge on any atom is 0.238 e. The minimum Gasteiger partial charge on any atom is -0.350 e. The first kappa shape index (κ1) is 19.7. The molecule has 1 aromatic carbocycles. The molecule has 0 spiro atoms. The summed E-state index contributed by atoms with van der Waals surface area (Å²) in [6.45, 7) is 8.61. The van der Waals surface area contributed by atoms with E-state index in [4.69, 9.17) is 5.26 Å². The lowest BCUT2D eigenvalue weighted by Crippen LogP contribution is -2.47. The molecule has 2 amide bonds. The van der Waals surface area contributed by atoms with E-state index >= 15 is 0 Å². The molecule has 24 heavy (non-hydrogen) atoms. The zero-order valence-corrected chi connectivity index (χ0v) is 14.8. The standard InChI is InChI=1S/C18H26N4O2/c1-5-22(13-17(24)21-18(2,3)4)12-16(23)20-15-8-6-14(7-9-15)10-11-19/h6-9H,5,10,12-13H2,1-4H3,(H,20,23)(H,21,24). The molecule has 0 bridgehead atoms. The number of nitriles is 1. The van der Waals surface area contributed by atoms with Gasteiger partial charge in [0.15, 0.2) is 0 Å². The van der Waals surface area contributed by atoms with Crippen LogP contribution in [0.1, 0.15) is 33.3 Å². The van der Waals surface area contributed by atoms with Crippen LogP contribution in [-0.2, 0) is 16.0 Å². The highest BCUT2D eigenvalue weighted by Gasteiger charge is 2.17. The van der Waals surface area contributed by atoms with E-state index in [0.29, 0.717) is 18.7 Å². The van der Waals surface area contributed by atoms with E-state index in [1.165, 1.54) is 0 Å². The minimum absolute atomic E-state index is 0.0991. The molecule has 2 N–H and O–H groups in total. The molecule has 0 saturated carbocycles. The van der Waals surface area contributed by atoms with E-state index in [9.17, 15) is 9.59 Å². The fourth-order valence-electron chi connectivity index (χ4n) is 2.14. The molecule has 0 radical (unpaired) electrons. The summed E-state index contributed by atoms with van der Waals surface area (Å²) >= 11 is 0. The molecule has 0 aliphatic heterocycles. The number of rotatable bonds is 7. The third kappa shape index (κ3) is 7.75. The Morgan fingerprint density at radius 2 is 1.71 bits per heavy atom. The van der Waals surface area contributed by atoms with Gasteiger partial charge < -0.3 is 10.6 Å². The van der Waals surface area contributed by atoms with Gasteiger partial charge in [-0.05, 0) is 45.0 Å². The molecule has 0 saturated heterocycles. The van der Waals surface area contributed by atoms with Crippen LogP contribution < -0.4 is 10.6 Å². The van der Waals surface area contributed by atoms with Crippen LogP contribution in [0.5, 0.6) is 0 Å². The first-order valence-corrected chi connectivity index (χ1v) is 8.02. The van der Waals surface area contributed by atoms with E-state index in [0.717, 1.165) is 5.56 Å². The topological polar surface area (TPSA) is 85.2 Å². The molecule has 0 aliphatic carbocycles. The third-order valence-electron chi connectivity index (χ3n) is 3.22. The molecule has 0 atom stereocenters. The molecule has 130 valence electrons. The van der Waals surface area contributed by atoms with Crippen molar-refractivity contribution in [3.05, 3.63) is 29.8 Å². The summed E-state index contributed by atoms with van der Waals surface area (Å²) in [6.07, 6.45) is 0.348. The van der Waals surface area contributed by atoms with Crippen LogP contribution in [-0.4, -0.2) is 41.9 Å². The highest BCUT2D eigenvalue weighted by Crippen LogP contribution is 2.10. The lowest BCUT2D eigenvalue weighted by atomic mass is 10.1. The van der Waals surface area contributed by atoms with Gasteiger partial charge in [0, 0.05) is 11.2 Å². The Balaban J connectivity index is 2.52. The predicted molar refractivity (Wildman–Crippen MR) is 94.4 cm³/mol. The molecule has 1 rings (SSSR count). The second kappa shape index (κ2) is 9.04. The number of hydrogen-bond donors (Lipinski definition) is 2. The molecule has 6 heteroatoms. The second-order valence-corrected chi connectivity index (χ2v) is 6.68. The number of hydrogen-bond acceptors (Lipinski definition) is 4. The van der Waals surface area contributed by atoms with Crippen molar-refractivity contribution >= 4 is 17.5 Å². The minimum atomic E-state index is -0.288. The fraction of sp³-hybridized carbons (Fsp3) is 0.500. The highest BCUT2D eigenvalue weighted by atomic mass is 16.2. The fourth-order valence-corrected chi connectivity index (χ4v) is 2.14. The lowest BCUT2D eigenvalue weighted by Gasteiger charge is -2.24. The van der Waals surface area contributed by atoms with Crippen LogP contribution in [0.15, 0.2) is 24.3 Å². The number of nitrogens with zero attached hydrogens (tertiary/aromatic N) is 2. The van der Waals surface area contributed by atoms with E-state index in [-0.39, 0.29) is 30.4 Å². The number of carbonyl (C=O) groups is 2. The summed E-state index contributed by atoms with van der Waals surface area (Å²) in [4.78, 5) is 25.9. The van der Waals surface area contributed by atoms with E-state index in [1.54, 1.807) is 17.0 Å². The number of anilines is 1. The molecule has 6 nitrogen and oxygen atoms in total. The second-order valence-electron chi connectivity index (χ2n) is 6.68. The number of carbonyl (C=O) groups excluding carboxylic acids is 2. The van der Waals surface area contributed by atoms with Gasteiger partial charge in [-0.1, -0.05) is 19.1 Å². The summed E-state index contributed by atoms with van der Waals surface area (Å²) in [5.74, 6) is -0.272. The maximum atomic E-state index is 12.1. The SMILES string of the molecule is CCN(CC(=O)Nc1ccc(CC#N)cc1)CC(=O)NC(C)(C)C. The molecule has 0 aromatic heterocycles. The van der Waals surface area contributed by atoms with Gasteiger partial charge in [0.2, 0.25) is 11.8 Å². The van der Waals surface area contributed by atoms with Gasteiger partial charge in [-0.2, -0.15) is 5.26 Å². The predicted octanol–water partition coefficient (Wildman–Crippen LogP) is 1.93. The summed E-state index contributed by atoms with van der Waals surface area (Å²) in [5.41, 5.74) is 1.30. The molecule has 1 aromatic rings. The van der Waals surface area contributed by atoms with Crippen LogP contribution in [0.25, 0.3) is 0 Å². The first-order chi connectivity index (χ1) is 11.2. The molecule has 0 unspecified atom stereocenters. The van der Waals surface area contributed by atoms with Gasteiger partial charge in [0.25, 0.3) is 0 Å². The van der Waals surface area contributed by atoms with Gasteiger partial charge in [-0.15, -0.1) is 0 Å². The van der Waals surface area contributed by atoms with Crippen LogP contribution >= 0.6 is 0 Å². The van der Waals surface area contributed by atoms with Gasteiger partial charge in [-0.25, -0.2) is 0 Å². The summed E-state index contributed by atoms with van der Waals surface area (Å²) < 4.78 is 0. The van der Waals surface area contributed by atoms with Crippen LogP contribution in [0, 0.1) is 11.3 Å². The molecule has 0 fully saturated rings. The smallest absolute Gasteiger partial charge is 0.238 e. The molecule has 0 aliphatic rings. The Labute approximate surface area is 143 Å². The summed E-state index contributed by atoms with van der Waals surface area (Å²) in [5, 5.41) is 14.3. The largest absolute Gasteiger partial charge is 0.350 e. The summed E-state index contributed by atoms with van der Waals surface area (Å²) in [6, 6.07) is 9.25. The number of likely N-dealkylation sites (N-methyl/N-ethyl adjacent to an activating group) is 1. The van der Waals surface area contributed by atoms with Crippen molar-refractivity contribution in [2.45, 2.75) is 39.7 Å². The van der Waals surface area contributed by atoms with E-state index < -0.39 is 0 Å². The Hall–Kier alpha value is -2.39. The van der Waals surface area contributed by atoms with Crippen molar-refractivity contribution in [3.8, 4) is 6.07 Å².